The molecule has 1 aliphatic carbocycles. The van der Waals surface area contributed by atoms with Gasteiger partial charge in [-0.3, -0.25) is 0 Å². The third-order valence-electron chi connectivity index (χ3n) is 3.69. The molecular formula is C12H22F2N2. The van der Waals surface area contributed by atoms with Crippen molar-refractivity contribution in [2.24, 2.45) is 5.92 Å². The Labute approximate surface area is 96.4 Å². The highest BCUT2D eigenvalue weighted by molar-refractivity contribution is 4.81. The zero-order valence-electron chi connectivity index (χ0n) is 9.85. The number of alkyl halides is 2. The molecule has 94 valence electrons. The van der Waals surface area contributed by atoms with E-state index < -0.39 is 5.92 Å². The third kappa shape index (κ3) is 3.67. The summed E-state index contributed by atoms with van der Waals surface area (Å²) in [6, 6.07) is 0. The van der Waals surface area contributed by atoms with Gasteiger partial charge in [-0.05, 0) is 38.3 Å². The van der Waals surface area contributed by atoms with Gasteiger partial charge in [0.15, 0.2) is 0 Å². The number of nitrogens with one attached hydrogen (secondary N) is 1. The van der Waals surface area contributed by atoms with E-state index in [2.05, 4.69) is 10.2 Å². The second-order valence-electron chi connectivity index (χ2n) is 5.22. The van der Waals surface area contributed by atoms with E-state index in [-0.39, 0.29) is 18.8 Å². The Morgan fingerprint density at radius 1 is 1.19 bits per heavy atom. The maximum atomic E-state index is 13.3. The van der Waals surface area contributed by atoms with E-state index in [1.807, 2.05) is 0 Å². The summed E-state index contributed by atoms with van der Waals surface area (Å²) in [4.78, 5) is 2.35. The quantitative estimate of drug-likeness (QED) is 0.784. The van der Waals surface area contributed by atoms with E-state index in [0.717, 1.165) is 45.6 Å². The molecule has 1 saturated heterocycles. The fraction of sp³-hybridized carbons (Fsp3) is 1.00. The molecule has 1 aliphatic heterocycles. The van der Waals surface area contributed by atoms with Gasteiger partial charge in [0.25, 0.3) is 0 Å². The molecule has 1 atom stereocenters. The van der Waals surface area contributed by atoms with E-state index in [1.54, 1.807) is 0 Å². The van der Waals surface area contributed by atoms with E-state index in [9.17, 15) is 8.78 Å². The molecule has 2 nitrogen and oxygen atoms in total. The minimum atomic E-state index is -2.40. The molecule has 0 amide bonds. The lowest BCUT2D eigenvalue weighted by atomic mass is 9.86. The minimum absolute atomic E-state index is 0.102. The fourth-order valence-corrected chi connectivity index (χ4v) is 2.88. The molecule has 1 unspecified atom stereocenters. The lowest BCUT2D eigenvalue weighted by Gasteiger charge is -2.32. The van der Waals surface area contributed by atoms with E-state index in [4.69, 9.17) is 0 Å². The Kier molecular flexibility index (Phi) is 4.14. The van der Waals surface area contributed by atoms with Gasteiger partial charge in [-0.1, -0.05) is 0 Å². The Morgan fingerprint density at radius 2 is 2.06 bits per heavy atom. The molecule has 0 bridgehead atoms. The number of hydrogen-bond donors (Lipinski definition) is 1. The average Bonchev–Trinajstić information content (AvgIpc) is 2.45. The van der Waals surface area contributed by atoms with Gasteiger partial charge in [-0.25, -0.2) is 8.78 Å². The molecule has 1 saturated carbocycles. The molecule has 2 rings (SSSR count). The van der Waals surface area contributed by atoms with Crippen LogP contribution in [0.3, 0.4) is 0 Å². The van der Waals surface area contributed by atoms with Crippen molar-refractivity contribution in [1.29, 1.82) is 0 Å². The van der Waals surface area contributed by atoms with Crippen LogP contribution >= 0.6 is 0 Å². The minimum Gasteiger partial charge on any atom is -0.315 e. The highest BCUT2D eigenvalue weighted by Gasteiger charge is 2.36. The maximum Gasteiger partial charge on any atom is 0.248 e. The summed E-state index contributed by atoms with van der Waals surface area (Å²) in [5.41, 5.74) is 0. The molecule has 0 radical (unpaired) electrons. The molecule has 0 spiro atoms. The normalized spacial score (nSPS) is 32.2. The van der Waals surface area contributed by atoms with Crippen molar-refractivity contribution in [3.8, 4) is 0 Å². The standard InChI is InChI=1S/C12H22F2N2/c13-12(14)4-1-3-11(9-12)10-16-7-2-5-15-6-8-16/h11,15H,1-10H2. The summed E-state index contributed by atoms with van der Waals surface area (Å²) in [5.74, 6) is -2.19. The summed E-state index contributed by atoms with van der Waals surface area (Å²) in [6.45, 7) is 5.02. The largest absolute Gasteiger partial charge is 0.315 e. The van der Waals surface area contributed by atoms with Crippen LogP contribution in [0.4, 0.5) is 8.78 Å². The fourth-order valence-electron chi connectivity index (χ4n) is 2.88. The highest BCUT2D eigenvalue weighted by atomic mass is 19.3. The number of hydrogen-bond acceptors (Lipinski definition) is 2. The number of nitrogens with zero attached hydrogens (tertiary/aromatic N) is 1. The number of halogens is 2. The molecular weight excluding hydrogens is 210 g/mol. The summed E-state index contributed by atoms with van der Waals surface area (Å²) in [7, 11) is 0. The molecule has 0 aromatic carbocycles. The molecule has 0 aromatic heterocycles. The van der Waals surface area contributed by atoms with E-state index >= 15 is 0 Å². The lowest BCUT2D eigenvalue weighted by Crippen LogP contribution is -2.37. The maximum absolute atomic E-state index is 13.3. The first-order valence-electron chi connectivity index (χ1n) is 6.47. The van der Waals surface area contributed by atoms with Gasteiger partial charge in [0.1, 0.15) is 0 Å². The summed E-state index contributed by atoms with van der Waals surface area (Å²) in [5, 5.41) is 3.34. The molecule has 2 fully saturated rings. The zero-order valence-corrected chi connectivity index (χ0v) is 9.85. The predicted molar refractivity (Wildman–Crippen MR) is 60.8 cm³/mol. The van der Waals surface area contributed by atoms with Crippen LogP contribution in [0, 0.1) is 5.92 Å². The van der Waals surface area contributed by atoms with Gasteiger partial charge in [-0.15, -0.1) is 0 Å². The van der Waals surface area contributed by atoms with Gasteiger partial charge >= 0.3 is 0 Å². The van der Waals surface area contributed by atoms with Crippen LogP contribution in [0.2, 0.25) is 0 Å². The predicted octanol–water partition coefficient (Wildman–Crippen LogP) is 2.11. The molecule has 0 aromatic rings. The third-order valence-corrected chi connectivity index (χ3v) is 3.69. The monoisotopic (exact) mass is 232 g/mol. The summed E-state index contributed by atoms with van der Waals surface area (Å²) < 4.78 is 26.5. The van der Waals surface area contributed by atoms with Crippen LogP contribution in [0.5, 0.6) is 0 Å². The van der Waals surface area contributed by atoms with Crippen LogP contribution in [0.15, 0.2) is 0 Å². The van der Waals surface area contributed by atoms with Crippen LogP contribution in [-0.4, -0.2) is 43.5 Å². The number of rotatable bonds is 2. The van der Waals surface area contributed by atoms with Crippen molar-refractivity contribution in [2.75, 3.05) is 32.7 Å². The average molecular weight is 232 g/mol. The first kappa shape index (κ1) is 12.2. The SMILES string of the molecule is FC1(F)CCCC(CN2CCCNCC2)C1. The van der Waals surface area contributed by atoms with Crippen LogP contribution in [-0.2, 0) is 0 Å². The van der Waals surface area contributed by atoms with Gasteiger partial charge in [0, 0.05) is 32.5 Å². The van der Waals surface area contributed by atoms with Crippen LogP contribution in [0.1, 0.15) is 32.1 Å². The van der Waals surface area contributed by atoms with Gasteiger partial charge in [0.05, 0.1) is 0 Å². The molecule has 16 heavy (non-hydrogen) atoms. The second kappa shape index (κ2) is 5.41. The Morgan fingerprint density at radius 3 is 2.88 bits per heavy atom. The van der Waals surface area contributed by atoms with Crippen molar-refractivity contribution in [2.45, 2.75) is 38.0 Å². The van der Waals surface area contributed by atoms with Crippen LogP contribution < -0.4 is 5.32 Å². The van der Waals surface area contributed by atoms with Gasteiger partial charge in [-0.2, -0.15) is 0 Å². The summed E-state index contributed by atoms with van der Waals surface area (Å²) >= 11 is 0. The second-order valence-corrected chi connectivity index (χ2v) is 5.22. The summed E-state index contributed by atoms with van der Waals surface area (Å²) in [6.07, 6.45) is 3.04. The first-order chi connectivity index (χ1) is 7.66. The van der Waals surface area contributed by atoms with Gasteiger partial charge < -0.3 is 10.2 Å². The van der Waals surface area contributed by atoms with Crippen molar-refractivity contribution in [3.05, 3.63) is 0 Å². The Balaban J connectivity index is 1.79. The van der Waals surface area contributed by atoms with Crippen molar-refractivity contribution >= 4 is 0 Å². The van der Waals surface area contributed by atoms with Crippen molar-refractivity contribution in [3.63, 3.8) is 0 Å². The zero-order chi connectivity index (χ0) is 11.4. The highest BCUT2D eigenvalue weighted by Crippen LogP contribution is 2.36. The molecule has 2 aliphatic rings. The Hall–Kier alpha value is -0.220. The molecule has 1 heterocycles. The van der Waals surface area contributed by atoms with Crippen LogP contribution in [0.25, 0.3) is 0 Å². The van der Waals surface area contributed by atoms with E-state index in [0.29, 0.717) is 6.42 Å². The topological polar surface area (TPSA) is 15.3 Å². The molecule has 4 heteroatoms. The lowest BCUT2D eigenvalue weighted by molar-refractivity contribution is -0.0566. The Bertz CT molecular complexity index is 213. The van der Waals surface area contributed by atoms with E-state index in [1.165, 1.54) is 0 Å². The molecule has 1 N–H and O–H groups in total. The first-order valence-corrected chi connectivity index (χ1v) is 6.47. The van der Waals surface area contributed by atoms with Gasteiger partial charge in [0.2, 0.25) is 5.92 Å². The smallest absolute Gasteiger partial charge is 0.248 e. The van der Waals surface area contributed by atoms with Crippen molar-refractivity contribution < 1.29 is 8.78 Å². The van der Waals surface area contributed by atoms with Crippen molar-refractivity contribution in [1.82, 2.24) is 10.2 Å².